The van der Waals surface area contributed by atoms with Crippen molar-refractivity contribution in [1.82, 2.24) is 19.9 Å². The van der Waals surface area contributed by atoms with Crippen LogP contribution in [0.15, 0.2) is 23.1 Å². The minimum Gasteiger partial charge on any atom is -0.394 e. The number of nitrogens with two attached hydrogens (primary N) is 1. The predicted octanol–water partition coefficient (Wildman–Crippen LogP) is -3.45. The van der Waals surface area contributed by atoms with Gasteiger partial charge in [-0.2, -0.15) is 4.98 Å². The van der Waals surface area contributed by atoms with Crippen LogP contribution in [-0.4, -0.2) is 113 Å². The zero-order valence-corrected chi connectivity index (χ0v) is 20.3. The molecule has 38 heavy (non-hydrogen) atoms. The van der Waals surface area contributed by atoms with Gasteiger partial charge in [-0.3, -0.25) is 9.78 Å². The number of nitrogen functional groups attached to an aromatic ring is 1. The molecule has 10 N–H and O–H groups in total. The molecule has 2 saturated heterocycles. The van der Waals surface area contributed by atoms with E-state index in [1.807, 2.05) is 0 Å². The van der Waals surface area contributed by atoms with Crippen molar-refractivity contribution in [3.8, 4) is 0 Å². The molecule has 0 amide bonds. The SMILES string of the molecule is Nc1nc2c(c(CNC3C=CC(O)C3OC3OC(CO)C(O)C(O)C3O)cn2[C@H]2CCC(CO)O2)c(=O)[nH]1. The van der Waals surface area contributed by atoms with E-state index in [1.54, 1.807) is 16.8 Å². The summed E-state index contributed by atoms with van der Waals surface area (Å²) in [6.07, 6.45) is -4.02. The highest BCUT2D eigenvalue weighted by molar-refractivity contribution is 5.80. The van der Waals surface area contributed by atoms with Gasteiger partial charge in [0, 0.05) is 12.7 Å². The van der Waals surface area contributed by atoms with Gasteiger partial charge in [0.1, 0.15) is 42.9 Å². The lowest BCUT2D eigenvalue weighted by atomic mass is 9.99. The Morgan fingerprint density at radius 3 is 2.61 bits per heavy atom. The molecule has 15 nitrogen and oxygen atoms in total. The molecule has 0 aromatic carbocycles. The molecular weight excluding hydrogens is 506 g/mol. The molecule has 1 aliphatic carbocycles. The normalized spacial score (nSPS) is 37.4. The van der Waals surface area contributed by atoms with Crippen molar-refractivity contribution in [3.05, 3.63) is 34.3 Å². The number of nitrogens with one attached hydrogen (secondary N) is 2. The van der Waals surface area contributed by atoms with Crippen molar-refractivity contribution >= 4 is 17.0 Å². The van der Waals surface area contributed by atoms with Crippen LogP contribution in [0.1, 0.15) is 24.6 Å². The fraction of sp³-hybridized carbons (Fsp3) is 0.652. The monoisotopic (exact) mass is 539 g/mol. The molecule has 15 heteroatoms. The van der Waals surface area contributed by atoms with Crippen molar-refractivity contribution in [2.24, 2.45) is 0 Å². The van der Waals surface area contributed by atoms with Crippen LogP contribution in [-0.2, 0) is 20.8 Å². The molecule has 2 aliphatic heterocycles. The molecule has 0 bridgehead atoms. The summed E-state index contributed by atoms with van der Waals surface area (Å²) in [7, 11) is 0. The van der Waals surface area contributed by atoms with Crippen LogP contribution < -0.4 is 16.6 Å². The fourth-order valence-electron chi connectivity index (χ4n) is 5.20. The number of hydrogen-bond acceptors (Lipinski definition) is 13. The van der Waals surface area contributed by atoms with E-state index in [9.17, 15) is 35.4 Å². The second-order valence-electron chi connectivity index (χ2n) is 9.76. The topological polar surface area (TPSA) is 238 Å². The molecule has 0 radical (unpaired) electrons. The number of nitrogens with zero attached hydrogens (tertiary/aromatic N) is 2. The zero-order valence-electron chi connectivity index (χ0n) is 20.3. The summed E-state index contributed by atoms with van der Waals surface area (Å²) in [6.45, 7) is -0.587. The highest BCUT2D eigenvalue weighted by atomic mass is 16.7. The van der Waals surface area contributed by atoms with E-state index < -0.39 is 67.3 Å². The van der Waals surface area contributed by atoms with E-state index in [-0.39, 0.29) is 25.2 Å². The Bertz CT molecular complexity index is 1220. The number of hydrogen-bond donors (Lipinski definition) is 9. The highest BCUT2D eigenvalue weighted by Gasteiger charge is 2.46. The molecule has 0 saturated carbocycles. The van der Waals surface area contributed by atoms with Crippen molar-refractivity contribution < 1.29 is 44.8 Å². The van der Waals surface area contributed by atoms with Crippen LogP contribution in [0.25, 0.3) is 11.0 Å². The van der Waals surface area contributed by atoms with Crippen LogP contribution in [0, 0.1) is 0 Å². The minimum atomic E-state index is -1.62. The van der Waals surface area contributed by atoms with Crippen molar-refractivity contribution in [2.75, 3.05) is 18.9 Å². The van der Waals surface area contributed by atoms with Gasteiger partial charge in [0.15, 0.2) is 11.9 Å². The summed E-state index contributed by atoms with van der Waals surface area (Å²) in [4.78, 5) is 19.6. The molecule has 210 valence electrons. The first-order valence-electron chi connectivity index (χ1n) is 12.4. The van der Waals surface area contributed by atoms with Gasteiger partial charge in [0.05, 0.1) is 30.7 Å². The van der Waals surface area contributed by atoms with E-state index in [1.165, 1.54) is 6.08 Å². The second kappa shape index (κ2) is 11.0. The molecule has 0 spiro atoms. The third kappa shape index (κ3) is 4.98. The molecule has 5 rings (SSSR count). The Kier molecular flexibility index (Phi) is 7.84. The number of fused-ring (bicyclic) bond motifs is 1. The maximum absolute atomic E-state index is 12.8. The molecule has 3 aliphatic rings. The smallest absolute Gasteiger partial charge is 0.262 e. The largest absolute Gasteiger partial charge is 0.394 e. The Labute approximate surface area is 216 Å². The molecule has 9 unspecified atom stereocenters. The molecule has 2 fully saturated rings. The van der Waals surface area contributed by atoms with Gasteiger partial charge >= 0.3 is 0 Å². The average Bonchev–Trinajstić information content (AvgIpc) is 3.60. The molecule has 2 aromatic heterocycles. The quantitative estimate of drug-likeness (QED) is 0.149. The molecule has 4 heterocycles. The summed E-state index contributed by atoms with van der Waals surface area (Å²) in [5, 5.41) is 63.2. The summed E-state index contributed by atoms with van der Waals surface area (Å²) in [5.41, 5.74) is 6.27. The standard InChI is InChI=1S/C23H33N5O10/c24-23-26-20-15(21(35)27-23)9(6-28(20)14-4-1-10(7-29)36-14)5-25-11-2-3-12(31)19(11)38-22-18(34)17(33)16(32)13(8-30)37-22/h2-3,6,10-14,16-19,22,25,29-34H,1,4-5,7-8H2,(H3,24,26,27,35)/t10?,11?,12?,13?,14-,16?,17?,18?,19?,22?/m1/s1. The number of aromatic amines is 1. The maximum atomic E-state index is 12.8. The lowest BCUT2D eigenvalue weighted by Crippen LogP contribution is -2.60. The Morgan fingerprint density at radius 2 is 1.89 bits per heavy atom. The van der Waals surface area contributed by atoms with Crippen LogP contribution in [0.3, 0.4) is 0 Å². The van der Waals surface area contributed by atoms with Crippen LogP contribution in [0.5, 0.6) is 0 Å². The number of ether oxygens (including phenoxy) is 3. The zero-order chi connectivity index (χ0) is 27.1. The van der Waals surface area contributed by atoms with E-state index in [2.05, 4.69) is 15.3 Å². The number of H-pyrrole nitrogens is 1. The van der Waals surface area contributed by atoms with E-state index in [0.29, 0.717) is 29.4 Å². The summed E-state index contributed by atoms with van der Waals surface area (Å²) >= 11 is 0. The highest BCUT2D eigenvalue weighted by Crippen LogP contribution is 2.32. The number of aliphatic hydroxyl groups excluding tert-OH is 6. The number of aliphatic hydroxyl groups is 6. The van der Waals surface area contributed by atoms with Crippen LogP contribution in [0.4, 0.5) is 5.95 Å². The minimum absolute atomic E-state index is 0.0482. The van der Waals surface area contributed by atoms with Crippen molar-refractivity contribution in [3.63, 3.8) is 0 Å². The molecular formula is C23H33N5O10. The van der Waals surface area contributed by atoms with Crippen molar-refractivity contribution in [1.29, 1.82) is 0 Å². The van der Waals surface area contributed by atoms with Crippen LogP contribution >= 0.6 is 0 Å². The predicted molar refractivity (Wildman–Crippen MR) is 129 cm³/mol. The fourth-order valence-corrected chi connectivity index (χ4v) is 5.20. The van der Waals surface area contributed by atoms with Gasteiger partial charge in [-0.1, -0.05) is 12.2 Å². The second-order valence-corrected chi connectivity index (χ2v) is 9.76. The molecule has 10 atom stereocenters. The number of anilines is 1. The van der Waals surface area contributed by atoms with Crippen molar-refractivity contribution in [2.45, 2.75) is 80.7 Å². The van der Waals surface area contributed by atoms with Gasteiger partial charge in [0.2, 0.25) is 5.95 Å². The Hall–Kier alpha value is -2.44. The number of aromatic nitrogens is 3. The first kappa shape index (κ1) is 27.1. The summed E-state index contributed by atoms with van der Waals surface area (Å²) < 4.78 is 18.8. The first-order valence-corrected chi connectivity index (χ1v) is 12.4. The lowest BCUT2D eigenvalue weighted by molar-refractivity contribution is -0.315. The molecule has 2 aromatic rings. The maximum Gasteiger partial charge on any atom is 0.262 e. The van der Waals surface area contributed by atoms with Crippen LogP contribution in [0.2, 0.25) is 0 Å². The average molecular weight is 540 g/mol. The summed E-state index contributed by atoms with van der Waals surface area (Å²) in [5.74, 6) is -0.0482. The Morgan fingerprint density at radius 1 is 1.11 bits per heavy atom. The van der Waals surface area contributed by atoms with E-state index in [4.69, 9.17) is 19.9 Å². The van der Waals surface area contributed by atoms with E-state index >= 15 is 0 Å². The van der Waals surface area contributed by atoms with Gasteiger partial charge in [-0.05, 0) is 18.4 Å². The van der Waals surface area contributed by atoms with E-state index in [0.717, 1.165) is 0 Å². The van der Waals surface area contributed by atoms with Gasteiger partial charge < -0.3 is 60.5 Å². The Balaban J connectivity index is 1.34. The van der Waals surface area contributed by atoms with Gasteiger partial charge in [-0.15, -0.1) is 0 Å². The first-order chi connectivity index (χ1) is 18.2. The third-order valence-corrected chi connectivity index (χ3v) is 7.25. The summed E-state index contributed by atoms with van der Waals surface area (Å²) in [6, 6.07) is -0.599. The number of rotatable bonds is 8. The van der Waals surface area contributed by atoms with Gasteiger partial charge in [-0.25, -0.2) is 0 Å². The lowest BCUT2D eigenvalue weighted by Gasteiger charge is -2.41. The van der Waals surface area contributed by atoms with Gasteiger partial charge in [0.25, 0.3) is 5.56 Å². The third-order valence-electron chi connectivity index (χ3n) is 7.25.